The van der Waals surface area contributed by atoms with E-state index in [1.54, 1.807) is 0 Å². The molecule has 2 heterocycles. The maximum atomic E-state index is 16.1. The van der Waals surface area contributed by atoms with Crippen molar-refractivity contribution in [1.29, 1.82) is 0 Å². The summed E-state index contributed by atoms with van der Waals surface area (Å²) >= 11 is 0. The monoisotopic (exact) mass is 408 g/mol. The van der Waals surface area contributed by atoms with Crippen molar-refractivity contribution in [3.63, 3.8) is 0 Å². The van der Waals surface area contributed by atoms with E-state index in [9.17, 15) is 4.79 Å². The Morgan fingerprint density at radius 1 is 0.931 bits per heavy atom. The van der Waals surface area contributed by atoms with Crippen LogP contribution in [0.4, 0.5) is 4.39 Å². The third-order valence-electron chi connectivity index (χ3n) is 9.97. The highest BCUT2D eigenvalue weighted by Crippen LogP contribution is 2.70. The minimum Gasteiger partial charge on any atom is -0.348 e. The molecule has 2 saturated heterocycles. The minimum absolute atomic E-state index is 0.0708. The van der Waals surface area contributed by atoms with Crippen LogP contribution in [0.2, 0.25) is 0 Å². The SMILES string of the molecule is C[C@]12CC(F)C3C(CC(=O)[C@H]4CC5(CC[C@]34C)OCCO5)C1CCC21OCCO1. The highest BCUT2D eigenvalue weighted by Gasteiger charge is 2.71. The molecule has 6 fully saturated rings. The molecule has 0 amide bonds. The lowest BCUT2D eigenvalue weighted by Gasteiger charge is -2.62. The molecule has 4 saturated carbocycles. The third-order valence-corrected chi connectivity index (χ3v) is 9.97. The lowest BCUT2D eigenvalue weighted by atomic mass is 9.44. The fraction of sp³-hybridized carbons (Fsp3) is 0.957. The van der Waals surface area contributed by atoms with Gasteiger partial charge in [0.25, 0.3) is 0 Å². The highest BCUT2D eigenvalue weighted by atomic mass is 19.1. The Labute approximate surface area is 172 Å². The molecule has 0 aromatic heterocycles. The van der Waals surface area contributed by atoms with Gasteiger partial charge in [-0.1, -0.05) is 13.8 Å². The molecule has 6 aliphatic rings. The summed E-state index contributed by atoms with van der Waals surface area (Å²) in [7, 11) is 0. The van der Waals surface area contributed by atoms with Gasteiger partial charge in [0, 0.05) is 37.0 Å². The average Bonchev–Trinajstić information content (AvgIpc) is 3.39. The summed E-state index contributed by atoms with van der Waals surface area (Å²) in [4.78, 5) is 13.4. The van der Waals surface area contributed by atoms with Gasteiger partial charge in [-0.3, -0.25) is 4.79 Å². The van der Waals surface area contributed by atoms with Crippen molar-refractivity contribution in [2.45, 2.75) is 76.5 Å². The second-order valence-electron chi connectivity index (χ2n) is 11.0. The van der Waals surface area contributed by atoms with Crippen molar-refractivity contribution in [2.75, 3.05) is 26.4 Å². The summed E-state index contributed by atoms with van der Waals surface area (Å²) in [6.07, 6.45) is 3.98. The van der Waals surface area contributed by atoms with Gasteiger partial charge >= 0.3 is 0 Å². The molecule has 4 unspecified atom stereocenters. The third kappa shape index (κ3) is 2.32. The van der Waals surface area contributed by atoms with Crippen LogP contribution in [0.1, 0.15) is 58.8 Å². The number of Topliss-reactive ketones (excluding diaryl/α,β-unsaturated/α-hetero) is 1. The van der Waals surface area contributed by atoms with Gasteiger partial charge in [0.15, 0.2) is 11.6 Å². The number of fused-ring (bicyclic) bond motifs is 6. The summed E-state index contributed by atoms with van der Waals surface area (Å²) in [5.41, 5.74) is -0.657. The van der Waals surface area contributed by atoms with Crippen molar-refractivity contribution in [2.24, 2.45) is 34.5 Å². The van der Waals surface area contributed by atoms with Gasteiger partial charge in [-0.05, 0) is 42.4 Å². The van der Waals surface area contributed by atoms with Crippen LogP contribution in [-0.4, -0.2) is 50.0 Å². The van der Waals surface area contributed by atoms with Crippen molar-refractivity contribution < 1.29 is 28.1 Å². The number of halogens is 1. The fourth-order valence-electron chi connectivity index (χ4n) is 8.67. The van der Waals surface area contributed by atoms with E-state index >= 15 is 4.39 Å². The molecule has 2 aliphatic heterocycles. The van der Waals surface area contributed by atoms with E-state index in [2.05, 4.69) is 13.8 Å². The smallest absolute Gasteiger partial charge is 0.174 e. The van der Waals surface area contributed by atoms with Gasteiger partial charge < -0.3 is 18.9 Å². The van der Waals surface area contributed by atoms with Crippen molar-refractivity contribution in [1.82, 2.24) is 0 Å². The normalized spacial score (nSPS) is 52.5. The first-order valence-electron chi connectivity index (χ1n) is 11.6. The number of hydrogen-bond donors (Lipinski definition) is 0. The quantitative estimate of drug-likeness (QED) is 0.613. The van der Waals surface area contributed by atoms with Gasteiger partial charge in [-0.25, -0.2) is 4.39 Å². The van der Waals surface area contributed by atoms with Crippen LogP contribution in [0, 0.1) is 34.5 Å². The molecule has 4 aliphatic carbocycles. The highest BCUT2D eigenvalue weighted by molar-refractivity contribution is 5.83. The zero-order valence-electron chi connectivity index (χ0n) is 17.6. The standard InChI is InChI=1S/C23H33FO5/c1-20-5-6-22(26-7-8-27-22)12-16(20)18(25)11-14-15-3-4-23(28-9-10-29-23)21(15,2)13-17(24)19(14)20/h14-17,19H,3-13H2,1-2H3/t14?,15?,16-,17?,19?,20+,21+/m1/s1. The Morgan fingerprint density at radius 3 is 2.34 bits per heavy atom. The Balaban J connectivity index is 1.35. The molecule has 7 atom stereocenters. The number of ether oxygens (including phenoxy) is 4. The summed E-state index contributed by atoms with van der Waals surface area (Å²) in [5, 5.41) is 0. The first-order chi connectivity index (χ1) is 13.8. The molecular weight excluding hydrogens is 375 g/mol. The van der Waals surface area contributed by atoms with Gasteiger partial charge in [0.1, 0.15) is 12.0 Å². The van der Waals surface area contributed by atoms with Gasteiger partial charge in [-0.15, -0.1) is 0 Å². The van der Waals surface area contributed by atoms with Crippen LogP contribution < -0.4 is 0 Å². The Bertz CT molecular complexity index is 714. The van der Waals surface area contributed by atoms with E-state index in [1.165, 1.54) is 0 Å². The lowest BCUT2D eigenvalue weighted by Crippen LogP contribution is -2.63. The van der Waals surface area contributed by atoms with Gasteiger partial charge in [0.2, 0.25) is 0 Å². The molecule has 6 rings (SSSR count). The van der Waals surface area contributed by atoms with Crippen LogP contribution in [0.5, 0.6) is 0 Å². The first-order valence-corrected chi connectivity index (χ1v) is 11.6. The lowest BCUT2D eigenvalue weighted by molar-refractivity contribution is -0.264. The Kier molecular flexibility index (Phi) is 3.98. The number of rotatable bonds is 0. The first kappa shape index (κ1) is 19.1. The van der Waals surface area contributed by atoms with E-state index in [0.29, 0.717) is 45.7 Å². The number of hydrogen-bond acceptors (Lipinski definition) is 5. The Hall–Kier alpha value is -0.560. The Morgan fingerprint density at radius 2 is 1.62 bits per heavy atom. The molecule has 0 aromatic rings. The molecule has 162 valence electrons. The van der Waals surface area contributed by atoms with Crippen LogP contribution in [0.15, 0.2) is 0 Å². The molecule has 0 aromatic carbocycles. The topological polar surface area (TPSA) is 54.0 Å². The predicted molar refractivity (Wildman–Crippen MR) is 102 cm³/mol. The van der Waals surface area contributed by atoms with E-state index < -0.39 is 17.7 Å². The summed E-state index contributed by atoms with van der Waals surface area (Å²) in [6.45, 7) is 6.71. The summed E-state index contributed by atoms with van der Waals surface area (Å²) in [6, 6.07) is 0. The molecule has 0 N–H and O–H groups in total. The van der Waals surface area contributed by atoms with Crippen molar-refractivity contribution in [3.05, 3.63) is 0 Å². The molecule has 0 bridgehead atoms. The molecular formula is C23H33FO5. The largest absolute Gasteiger partial charge is 0.348 e. The second-order valence-corrected chi connectivity index (χ2v) is 11.0. The number of carbonyl (C=O) groups is 1. The molecule has 0 radical (unpaired) electrons. The zero-order chi connectivity index (χ0) is 20.1. The van der Waals surface area contributed by atoms with E-state index in [4.69, 9.17) is 18.9 Å². The molecule has 5 nitrogen and oxygen atoms in total. The maximum Gasteiger partial charge on any atom is 0.174 e. The fourth-order valence-corrected chi connectivity index (χ4v) is 8.67. The van der Waals surface area contributed by atoms with Crippen LogP contribution in [0.3, 0.4) is 0 Å². The number of alkyl halides is 1. The van der Waals surface area contributed by atoms with Crippen molar-refractivity contribution in [3.8, 4) is 0 Å². The van der Waals surface area contributed by atoms with E-state index in [-0.39, 0.29) is 40.3 Å². The predicted octanol–water partition coefficient (Wildman–Crippen LogP) is 3.64. The van der Waals surface area contributed by atoms with Crippen LogP contribution in [-0.2, 0) is 23.7 Å². The molecule has 6 heteroatoms. The van der Waals surface area contributed by atoms with Gasteiger partial charge in [-0.2, -0.15) is 0 Å². The van der Waals surface area contributed by atoms with Crippen LogP contribution >= 0.6 is 0 Å². The summed E-state index contributed by atoms with van der Waals surface area (Å²) in [5.74, 6) is -0.817. The number of ketones is 1. The van der Waals surface area contributed by atoms with E-state index in [1.807, 2.05) is 0 Å². The summed E-state index contributed by atoms with van der Waals surface area (Å²) < 4.78 is 40.2. The average molecular weight is 409 g/mol. The second kappa shape index (κ2) is 6.02. The van der Waals surface area contributed by atoms with Crippen molar-refractivity contribution >= 4 is 5.78 Å². The maximum absolute atomic E-state index is 16.1. The van der Waals surface area contributed by atoms with Gasteiger partial charge in [0.05, 0.1) is 26.4 Å². The van der Waals surface area contributed by atoms with E-state index in [0.717, 1.165) is 25.7 Å². The zero-order valence-corrected chi connectivity index (χ0v) is 17.6. The minimum atomic E-state index is -0.927. The molecule has 2 spiro atoms. The van der Waals surface area contributed by atoms with Crippen LogP contribution in [0.25, 0.3) is 0 Å². The molecule has 29 heavy (non-hydrogen) atoms. The number of carbonyl (C=O) groups excluding carboxylic acids is 1.